The molecule has 0 saturated carbocycles. The highest BCUT2D eigenvalue weighted by atomic mass is 35.5. The van der Waals surface area contributed by atoms with Gasteiger partial charge in [-0.15, -0.1) is 0 Å². The van der Waals surface area contributed by atoms with Crippen molar-refractivity contribution in [3.05, 3.63) is 69.2 Å². The first-order valence-corrected chi connectivity index (χ1v) is 9.37. The molecule has 1 N–H and O–H groups in total. The zero-order valence-electron chi connectivity index (χ0n) is 13.7. The van der Waals surface area contributed by atoms with Gasteiger partial charge in [0.25, 0.3) is 5.91 Å². The molecule has 3 aromatic rings. The summed E-state index contributed by atoms with van der Waals surface area (Å²) in [6, 6.07) is 13.1. The number of para-hydroxylation sites is 1. The van der Waals surface area contributed by atoms with E-state index >= 15 is 0 Å². The molecule has 4 rings (SSSR count). The van der Waals surface area contributed by atoms with Gasteiger partial charge in [0, 0.05) is 34.7 Å². The standard InChI is InChI=1S/C19H13Cl2N3OS/c1-24-10-11(13-4-2-3-5-16(13)24)8-17-18(25)23-19(26-17)22-15-7-6-12(20)9-14(15)21/h2-10H,1H3,(H,22,23,25)/b17-8+. The van der Waals surface area contributed by atoms with Gasteiger partial charge in [-0.05, 0) is 42.1 Å². The van der Waals surface area contributed by atoms with Crippen LogP contribution in [0.5, 0.6) is 0 Å². The number of halogens is 2. The quantitative estimate of drug-likeness (QED) is 0.586. The van der Waals surface area contributed by atoms with E-state index in [2.05, 4.69) is 16.4 Å². The molecular weight excluding hydrogens is 389 g/mol. The van der Waals surface area contributed by atoms with E-state index in [9.17, 15) is 4.79 Å². The molecule has 0 bridgehead atoms. The molecule has 130 valence electrons. The van der Waals surface area contributed by atoms with E-state index in [-0.39, 0.29) is 5.91 Å². The van der Waals surface area contributed by atoms with E-state index in [1.54, 1.807) is 18.2 Å². The van der Waals surface area contributed by atoms with Crippen molar-refractivity contribution in [2.24, 2.45) is 12.0 Å². The summed E-state index contributed by atoms with van der Waals surface area (Å²) in [4.78, 5) is 17.3. The number of carbonyl (C=O) groups is 1. The number of aromatic nitrogens is 1. The van der Waals surface area contributed by atoms with Crippen LogP contribution in [0.4, 0.5) is 5.69 Å². The lowest BCUT2D eigenvalue weighted by molar-refractivity contribution is -0.115. The lowest BCUT2D eigenvalue weighted by Gasteiger charge is -1.99. The molecule has 0 aliphatic carbocycles. The van der Waals surface area contributed by atoms with Crippen molar-refractivity contribution in [2.75, 3.05) is 0 Å². The predicted molar refractivity (Wildman–Crippen MR) is 110 cm³/mol. The van der Waals surface area contributed by atoms with Crippen LogP contribution in [0.3, 0.4) is 0 Å². The molecule has 1 aliphatic rings. The molecule has 0 spiro atoms. The molecule has 26 heavy (non-hydrogen) atoms. The van der Waals surface area contributed by atoms with Crippen LogP contribution in [0.25, 0.3) is 17.0 Å². The maximum atomic E-state index is 12.3. The van der Waals surface area contributed by atoms with Crippen molar-refractivity contribution in [1.82, 2.24) is 9.88 Å². The minimum Gasteiger partial charge on any atom is -0.350 e. The molecule has 0 atom stereocenters. The van der Waals surface area contributed by atoms with E-state index in [0.717, 1.165) is 16.5 Å². The zero-order valence-corrected chi connectivity index (χ0v) is 16.0. The van der Waals surface area contributed by atoms with Crippen LogP contribution in [0.2, 0.25) is 10.0 Å². The summed E-state index contributed by atoms with van der Waals surface area (Å²) in [5.74, 6) is -0.174. The Hall–Kier alpha value is -2.21. The molecule has 1 fully saturated rings. The summed E-state index contributed by atoms with van der Waals surface area (Å²) < 4.78 is 2.04. The van der Waals surface area contributed by atoms with Gasteiger partial charge in [0.1, 0.15) is 0 Å². The Labute approximate surface area is 164 Å². The monoisotopic (exact) mass is 401 g/mol. The number of rotatable bonds is 2. The fraction of sp³-hybridized carbons (Fsp3) is 0.0526. The number of carbonyl (C=O) groups excluding carboxylic acids is 1. The fourth-order valence-electron chi connectivity index (χ4n) is 2.79. The highest BCUT2D eigenvalue weighted by Crippen LogP contribution is 2.33. The van der Waals surface area contributed by atoms with Crippen molar-refractivity contribution in [3.8, 4) is 0 Å². The van der Waals surface area contributed by atoms with Crippen LogP contribution in [0, 0.1) is 0 Å². The summed E-state index contributed by atoms with van der Waals surface area (Å²) in [5, 5.41) is 5.34. The van der Waals surface area contributed by atoms with E-state index in [4.69, 9.17) is 23.2 Å². The summed E-state index contributed by atoms with van der Waals surface area (Å²) in [7, 11) is 1.99. The van der Waals surface area contributed by atoms with Gasteiger partial charge in [-0.1, -0.05) is 41.4 Å². The largest absolute Gasteiger partial charge is 0.350 e. The molecular formula is C19H13Cl2N3OS. The van der Waals surface area contributed by atoms with Crippen molar-refractivity contribution in [2.45, 2.75) is 0 Å². The molecule has 0 unspecified atom stereocenters. The van der Waals surface area contributed by atoms with Crippen LogP contribution >= 0.6 is 35.0 Å². The predicted octanol–water partition coefficient (Wildman–Crippen LogP) is 5.38. The number of nitrogens with one attached hydrogen (secondary N) is 1. The van der Waals surface area contributed by atoms with Gasteiger partial charge in [-0.3, -0.25) is 4.79 Å². The molecule has 1 aliphatic heterocycles. The van der Waals surface area contributed by atoms with Gasteiger partial charge in [0.15, 0.2) is 5.17 Å². The average molecular weight is 402 g/mol. The number of nitrogens with zero attached hydrogens (tertiary/aromatic N) is 2. The molecule has 1 amide bonds. The van der Waals surface area contributed by atoms with Gasteiger partial charge >= 0.3 is 0 Å². The maximum Gasteiger partial charge on any atom is 0.264 e. The number of amidine groups is 1. The van der Waals surface area contributed by atoms with Crippen LogP contribution in [0.1, 0.15) is 5.56 Å². The highest BCUT2D eigenvalue weighted by Gasteiger charge is 2.24. The van der Waals surface area contributed by atoms with Crippen molar-refractivity contribution in [1.29, 1.82) is 0 Å². The molecule has 1 aromatic heterocycles. The first-order chi connectivity index (χ1) is 12.5. The molecule has 1 saturated heterocycles. The van der Waals surface area contributed by atoms with Crippen molar-refractivity contribution in [3.63, 3.8) is 0 Å². The lowest BCUT2D eigenvalue weighted by Crippen LogP contribution is -2.19. The van der Waals surface area contributed by atoms with Gasteiger partial charge in [-0.2, -0.15) is 0 Å². The Kier molecular flexibility index (Phi) is 4.53. The van der Waals surface area contributed by atoms with Crippen LogP contribution < -0.4 is 5.32 Å². The Morgan fingerprint density at radius 3 is 2.81 bits per heavy atom. The second-order valence-corrected chi connectivity index (χ2v) is 7.66. The van der Waals surface area contributed by atoms with Crippen molar-refractivity contribution < 1.29 is 4.79 Å². The molecule has 7 heteroatoms. The zero-order chi connectivity index (χ0) is 18.3. The van der Waals surface area contributed by atoms with Crippen LogP contribution in [0.15, 0.2) is 58.6 Å². The number of aryl methyl sites for hydroxylation is 1. The Balaban J connectivity index is 1.67. The van der Waals surface area contributed by atoms with Gasteiger partial charge in [-0.25, -0.2) is 4.99 Å². The summed E-state index contributed by atoms with van der Waals surface area (Å²) >= 11 is 13.3. The lowest BCUT2D eigenvalue weighted by atomic mass is 10.1. The maximum absolute atomic E-state index is 12.3. The van der Waals surface area contributed by atoms with E-state index in [0.29, 0.717) is 25.8 Å². The smallest absolute Gasteiger partial charge is 0.264 e. The minimum absolute atomic E-state index is 0.174. The van der Waals surface area contributed by atoms with Crippen LogP contribution in [-0.4, -0.2) is 15.6 Å². The second-order valence-electron chi connectivity index (χ2n) is 5.79. The third-order valence-corrected chi connectivity index (χ3v) is 5.44. The van der Waals surface area contributed by atoms with E-state index in [1.165, 1.54) is 11.8 Å². The molecule has 2 aromatic carbocycles. The van der Waals surface area contributed by atoms with E-state index in [1.807, 2.05) is 42.1 Å². The minimum atomic E-state index is -0.174. The first-order valence-electron chi connectivity index (χ1n) is 7.80. The number of fused-ring (bicyclic) bond motifs is 1. The average Bonchev–Trinajstić information content (AvgIpc) is 3.11. The number of amides is 1. The third kappa shape index (κ3) is 3.26. The molecule has 0 radical (unpaired) electrons. The van der Waals surface area contributed by atoms with Crippen LogP contribution in [-0.2, 0) is 11.8 Å². The van der Waals surface area contributed by atoms with Gasteiger partial charge in [0.05, 0.1) is 15.6 Å². The van der Waals surface area contributed by atoms with E-state index < -0.39 is 0 Å². The number of thioether (sulfide) groups is 1. The van der Waals surface area contributed by atoms with Crippen molar-refractivity contribution >= 4 is 68.7 Å². The first kappa shape index (κ1) is 17.2. The Morgan fingerprint density at radius 1 is 1.19 bits per heavy atom. The Bertz CT molecular complexity index is 1100. The summed E-state index contributed by atoms with van der Waals surface area (Å²) in [6.45, 7) is 0. The normalized spacial score (nSPS) is 17.4. The SMILES string of the molecule is Cn1cc(/C=C2/SC(=Nc3ccc(Cl)cc3Cl)NC2=O)c2ccccc21. The molecule has 4 nitrogen and oxygen atoms in total. The third-order valence-electron chi connectivity index (χ3n) is 4.00. The number of hydrogen-bond acceptors (Lipinski definition) is 3. The Morgan fingerprint density at radius 2 is 2.00 bits per heavy atom. The second kappa shape index (κ2) is 6.83. The number of hydrogen-bond donors (Lipinski definition) is 1. The number of aliphatic imine (C=N–C) groups is 1. The highest BCUT2D eigenvalue weighted by molar-refractivity contribution is 8.18. The summed E-state index contributed by atoms with van der Waals surface area (Å²) in [6.07, 6.45) is 3.89. The van der Waals surface area contributed by atoms with Gasteiger partial charge < -0.3 is 9.88 Å². The van der Waals surface area contributed by atoms with Gasteiger partial charge in [0.2, 0.25) is 0 Å². The number of benzene rings is 2. The topological polar surface area (TPSA) is 46.4 Å². The summed E-state index contributed by atoms with van der Waals surface area (Å²) in [5.41, 5.74) is 2.67. The fourth-order valence-corrected chi connectivity index (χ4v) is 4.07. The molecule has 2 heterocycles.